The third-order valence-electron chi connectivity index (χ3n) is 2.99. The van der Waals surface area contributed by atoms with Gasteiger partial charge in [-0.15, -0.1) is 0 Å². The molecular formula is C12H16ClNO3S. The molecule has 1 heterocycles. The Labute approximate surface area is 112 Å². The van der Waals surface area contributed by atoms with E-state index in [1.807, 2.05) is 6.92 Å². The van der Waals surface area contributed by atoms with Gasteiger partial charge in [0.25, 0.3) is 0 Å². The van der Waals surface area contributed by atoms with Gasteiger partial charge in [0, 0.05) is 12.6 Å². The van der Waals surface area contributed by atoms with E-state index >= 15 is 0 Å². The average molecular weight is 290 g/mol. The number of hydrogen-bond acceptors (Lipinski definition) is 3. The lowest BCUT2D eigenvalue weighted by Crippen LogP contribution is -2.40. The number of halogens is 1. The predicted octanol–water partition coefficient (Wildman–Crippen LogP) is 2.19. The van der Waals surface area contributed by atoms with E-state index in [0.717, 1.165) is 12.8 Å². The highest BCUT2D eigenvalue weighted by atomic mass is 35.5. The summed E-state index contributed by atoms with van der Waals surface area (Å²) in [5.74, 6) is 0. The molecule has 1 fully saturated rings. The van der Waals surface area contributed by atoms with Crippen LogP contribution in [0.25, 0.3) is 0 Å². The van der Waals surface area contributed by atoms with E-state index in [1.165, 1.54) is 6.07 Å². The first kappa shape index (κ1) is 13.8. The Hall–Kier alpha value is -0.620. The lowest BCUT2D eigenvalue weighted by atomic mass is 10.1. The van der Waals surface area contributed by atoms with Crippen molar-refractivity contribution in [2.75, 3.05) is 6.61 Å². The molecule has 1 N–H and O–H groups in total. The minimum absolute atomic E-state index is 0.0535. The summed E-state index contributed by atoms with van der Waals surface area (Å²) in [5.41, 5.74) is 0. The highest BCUT2D eigenvalue weighted by molar-refractivity contribution is 7.89. The third-order valence-corrected chi connectivity index (χ3v) is 5.05. The zero-order valence-electron chi connectivity index (χ0n) is 10.1. The van der Waals surface area contributed by atoms with Crippen LogP contribution in [0.15, 0.2) is 29.2 Å². The maximum atomic E-state index is 12.2. The highest BCUT2D eigenvalue weighted by Gasteiger charge is 2.27. The van der Waals surface area contributed by atoms with Gasteiger partial charge in [-0.05, 0) is 31.9 Å². The smallest absolute Gasteiger partial charge is 0.242 e. The van der Waals surface area contributed by atoms with Crippen molar-refractivity contribution >= 4 is 21.6 Å². The lowest BCUT2D eigenvalue weighted by molar-refractivity contribution is 0.0902. The van der Waals surface area contributed by atoms with E-state index in [1.54, 1.807) is 18.2 Å². The van der Waals surface area contributed by atoms with Crippen LogP contribution in [0.3, 0.4) is 0 Å². The van der Waals surface area contributed by atoms with Gasteiger partial charge >= 0.3 is 0 Å². The van der Waals surface area contributed by atoms with Crippen molar-refractivity contribution in [1.29, 1.82) is 0 Å². The summed E-state index contributed by atoms with van der Waals surface area (Å²) in [6.45, 7) is 2.51. The minimum Gasteiger partial charge on any atom is -0.377 e. The van der Waals surface area contributed by atoms with E-state index in [2.05, 4.69) is 4.72 Å². The van der Waals surface area contributed by atoms with Crippen LogP contribution < -0.4 is 4.72 Å². The molecule has 0 saturated carbocycles. The summed E-state index contributed by atoms with van der Waals surface area (Å²) in [7, 11) is -3.59. The fourth-order valence-corrected chi connectivity index (χ4v) is 3.83. The molecule has 4 nitrogen and oxygen atoms in total. The fraction of sp³-hybridized carbons (Fsp3) is 0.500. The van der Waals surface area contributed by atoms with E-state index in [0.29, 0.717) is 6.61 Å². The van der Waals surface area contributed by atoms with Crippen molar-refractivity contribution in [2.24, 2.45) is 0 Å². The molecule has 0 bridgehead atoms. The maximum Gasteiger partial charge on any atom is 0.242 e. The quantitative estimate of drug-likeness (QED) is 0.924. The van der Waals surface area contributed by atoms with Gasteiger partial charge in [-0.3, -0.25) is 0 Å². The molecule has 0 spiro atoms. The molecule has 0 aliphatic carbocycles. The monoisotopic (exact) mass is 289 g/mol. The molecule has 1 aliphatic heterocycles. The third kappa shape index (κ3) is 3.03. The second-order valence-corrected chi connectivity index (χ2v) is 6.48. The van der Waals surface area contributed by atoms with Crippen LogP contribution in [0.1, 0.15) is 19.8 Å². The summed E-state index contributed by atoms with van der Waals surface area (Å²) >= 11 is 5.90. The molecule has 0 amide bonds. The zero-order chi connectivity index (χ0) is 13.2. The van der Waals surface area contributed by atoms with Gasteiger partial charge in [0.15, 0.2) is 0 Å². The predicted molar refractivity (Wildman–Crippen MR) is 70.2 cm³/mol. The number of ether oxygens (including phenoxy) is 1. The van der Waals surface area contributed by atoms with Crippen LogP contribution >= 0.6 is 11.6 Å². The van der Waals surface area contributed by atoms with Crippen LogP contribution in [0.2, 0.25) is 5.02 Å². The van der Waals surface area contributed by atoms with Crippen molar-refractivity contribution in [3.63, 3.8) is 0 Å². The molecule has 100 valence electrons. The second kappa shape index (κ2) is 5.57. The van der Waals surface area contributed by atoms with Crippen LogP contribution in [0.4, 0.5) is 0 Å². The van der Waals surface area contributed by atoms with Gasteiger partial charge in [-0.25, -0.2) is 13.1 Å². The summed E-state index contributed by atoms with van der Waals surface area (Å²) in [6.07, 6.45) is 1.80. The first-order valence-electron chi connectivity index (χ1n) is 5.89. The van der Waals surface area contributed by atoms with Crippen molar-refractivity contribution in [2.45, 2.75) is 36.8 Å². The van der Waals surface area contributed by atoms with Crippen LogP contribution in [0, 0.1) is 0 Å². The van der Waals surface area contributed by atoms with E-state index in [9.17, 15) is 8.42 Å². The van der Waals surface area contributed by atoms with Crippen molar-refractivity contribution in [3.8, 4) is 0 Å². The fourth-order valence-electron chi connectivity index (χ4n) is 2.04. The first-order chi connectivity index (χ1) is 8.50. The molecule has 0 unspecified atom stereocenters. The second-order valence-electron chi connectivity index (χ2n) is 4.39. The van der Waals surface area contributed by atoms with Gasteiger partial charge in [0.1, 0.15) is 4.90 Å². The van der Waals surface area contributed by atoms with E-state index in [4.69, 9.17) is 16.3 Å². The van der Waals surface area contributed by atoms with E-state index < -0.39 is 10.0 Å². The largest absolute Gasteiger partial charge is 0.377 e. The van der Waals surface area contributed by atoms with Crippen molar-refractivity contribution in [1.82, 2.24) is 4.72 Å². The molecule has 1 saturated heterocycles. The summed E-state index contributed by atoms with van der Waals surface area (Å²) in [4.78, 5) is 0.108. The molecule has 1 aromatic rings. The maximum absolute atomic E-state index is 12.2. The number of hydrogen-bond donors (Lipinski definition) is 1. The van der Waals surface area contributed by atoms with Crippen LogP contribution in [0.5, 0.6) is 0 Å². The highest BCUT2D eigenvalue weighted by Crippen LogP contribution is 2.22. The Morgan fingerprint density at radius 1 is 1.44 bits per heavy atom. The van der Waals surface area contributed by atoms with Crippen molar-refractivity contribution in [3.05, 3.63) is 29.3 Å². The normalized spacial score (nSPS) is 22.0. The summed E-state index contributed by atoms with van der Waals surface area (Å²) in [5, 5.41) is 0.226. The van der Waals surface area contributed by atoms with Gasteiger partial charge in [-0.2, -0.15) is 0 Å². The molecule has 1 aromatic carbocycles. The molecule has 2 atom stereocenters. The Kier molecular flexibility index (Phi) is 4.27. The number of benzene rings is 1. The Morgan fingerprint density at radius 3 is 2.78 bits per heavy atom. The average Bonchev–Trinajstić information content (AvgIpc) is 2.82. The molecule has 0 aromatic heterocycles. The summed E-state index contributed by atoms with van der Waals surface area (Å²) in [6, 6.07) is 6.15. The molecule has 2 rings (SSSR count). The molecular weight excluding hydrogens is 274 g/mol. The van der Waals surface area contributed by atoms with Crippen LogP contribution in [-0.2, 0) is 14.8 Å². The molecule has 1 aliphatic rings. The van der Waals surface area contributed by atoms with Gasteiger partial charge in [0.2, 0.25) is 10.0 Å². The number of nitrogens with one attached hydrogen (secondary N) is 1. The van der Waals surface area contributed by atoms with Gasteiger partial charge in [0.05, 0.1) is 11.1 Å². The number of rotatable bonds is 4. The van der Waals surface area contributed by atoms with E-state index in [-0.39, 0.29) is 22.1 Å². The minimum atomic E-state index is -3.59. The Bertz CT molecular complexity index is 512. The molecule has 18 heavy (non-hydrogen) atoms. The van der Waals surface area contributed by atoms with Crippen LogP contribution in [-0.4, -0.2) is 27.2 Å². The van der Waals surface area contributed by atoms with Gasteiger partial charge < -0.3 is 4.74 Å². The van der Waals surface area contributed by atoms with Crippen molar-refractivity contribution < 1.29 is 13.2 Å². The standard InChI is InChI=1S/C12H16ClNO3S/c1-9(11-6-4-8-17-11)14-18(15,16)12-7-3-2-5-10(12)13/h2-3,5,7,9,11,14H,4,6,8H2,1H3/t9-,11-/m1/s1. The lowest BCUT2D eigenvalue weighted by Gasteiger charge is -2.20. The molecule has 0 radical (unpaired) electrons. The molecule has 6 heteroatoms. The van der Waals surface area contributed by atoms with Gasteiger partial charge in [-0.1, -0.05) is 23.7 Å². The zero-order valence-corrected chi connectivity index (χ0v) is 11.7. The Morgan fingerprint density at radius 2 is 2.17 bits per heavy atom. The topological polar surface area (TPSA) is 55.4 Å². The SMILES string of the molecule is C[C@@H](NS(=O)(=O)c1ccccc1Cl)[C@H]1CCCO1. The summed E-state index contributed by atoms with van der Waals surface area (Å²) < 4.78 is 32.4. The number of sulfonamides is 1. The first-order valence-corrected chi connectivity index (χ1v) is 7.75. The Balaban J connectivity index is 2.14.